The molecule has 0 spiro atoms. The minimum atomic E-state index is -0.241. The fraction of sp³-hybridized carbons (Fsp3) is 0. The molecular formula is C5H5ClN2O. The quantitative estimate of drug-likeness (QED) is 0.524. The molecule has 1 aromatic heterocycles. The second-order valence-corrected chi connectivity index (χ2v) is 1.97. The Balaban J connectivity index is 3.34. The van der Waals surface area contributed by atoms with Gasteiger partial charge in [0.15, 0.2) is 0 Å². The fourth-order valence-corrected chi connectivity index (χ4v) is 0.617. The predicted molar refractivity (Wildman–Crippen MR) is 36.5 cm³/mol. The second kappa shape index (κ2) is 2.11. The molecule has 3 nitrogen and oxygen atoms in total. The number of nitrogen functional groups attached to an aromatic ring is 1. The van der Waals surface area contributed by atoms with Crippen LogP contribution in [0.15, 0.2) is 16.9 Å². The van der Waals surface area contributed by atoms with Gasteiger partial charge in [0.2, 0.25) is 5.56 Å². The molecule has 48 valence electrons. The molecule has 0 bridgehead atoms. The number of aromatic amines is 1. The lowest BCUT2D eigenvalue weighted by molar-refractivity contribution is 1.24. The lowest BCUT2D eigenvalue weighted by Gasteiger charge is -1.92. The number of rotatable bonds is 0. The van der Waals surface area contributed by atoms with E-state index in [0.717, 1.165) is 0 Å². The van der Waals surface area contributed by atoms with Crippen molar-refractivity contribution < 1.29 is 0 Å². The molecule has 0 atom stereocenters. The van der Waals surface area contributed by atoms with Crippen LogP contribution in [0, 0.1) is 0 Å². The van der Waals surface area contributed by atoms with Crippen LogP contribution in [0.25, 0.3) is 0 Å². The largest absolute Gasteiger partial charge is 0.396 e. The Morgan fingerprint density at radius 1 is 1.56 bits per heavy atom. The van der Waals surface area contributed by atoms with E-state index in [-0.39, 0.29) is 10.7 Å². The zero-order chi connectivity index (χ0) is 6.85. The van der Waals surface area contributed by atoms with Gasteiger partial charge in [0, 0.05) is 6.07 Å². The van der Waals surface area contributed by atoms with Crippen molar-refractivity contribution in [3.63, 3.8) is 0 Å². The maximum Gasteiger partial charge on any atom is 0.249 e. The number of aromatic nitrogens is 1. The van der Waals surface area contributed by atoms with E-state index in [9.17, 15) is 4.79 Å². The first-order valence-corrected chi connectivity index (χ1v) is 2.72. The summed E-state index contributed by atoms with van der Waals surface area (Å²) in [5.41, 5.74) is 5.43. The van der Waals surface area contributed by atoms with E-state index in [1.165, 1.54) is 12.1 Å². The Hall–Kier alpha value is -0.960. The fourth-order valence-electron chi connectivity index (χ4n) is 0.461. The van der Waals surface area contributed by atoms with Gasteiger partial charge in [-0.2, -0.15) is 0 Å². The molecule has 0 unspecified atom stereocenters. The monoisotopic (exact) mass is 144 g/mol. The summed E-state index contributed by atoms with van der Waals surface area (Å²) < 4.78 is 0. The first-order valence-electron chi connectivity index (χ1n) is 2.34. The van der Waals surface area contributed by atoms with Gasteiger partial charge in [-0.25, -0.2) is 0 Å². The number of hydrogen-bond donors (Lipinski definition) is 2. The Labute approximate surface area is 56.5 Å². The molecule has 0 aromatic carbocycles. The molecule has 0 saturated carbocycles. The molecule has 9 heavy (non-hydrogen) atoms. The van der Waals surface area contributed by atoms with Gasteiger partial charge in [-0.1, -0.05) is 11.6 Å². The standard InChI is InChI=1S/C5H5ClN2O/c6-5-3(7)1-2-4(9)8-5/h1-2H,7H2,(H,8,9). The zero-order valence-electron chi connectivity index (χ0n) is 4.52. The highest BCUT2D eigenvalue weighted by Crippen LogP contribution is 2.09. The lowest BCUT2D eigenvalue weighted by Crippen LogP contribution is -2.04. The molecule has 0 radical (unpaired) electrons. The SMILES string of the molecule is Nc1ccc(=O)[nH]c1Cl. The lowest BCUT2D eigenvalue weighted by atomic mass is 10.4. The Morgan fingerprint density at radius 3 is 2.67 bits per heavy atom. The highest BCUT2D eigenvalue weighted by molar-refractivity contribution is 6.31. The van der Waals surface area contributed by atoms with Crippen molar-refractivity contribution in [1.29, 1.82) is 0 Å². The van der Waals surface area contributed by atoms with Crippen molar-refractivity contribution in [2.75, 3.05) is 5.73 Å². The van der Waals surface area contributed by atoms with Gasteiger partial charge in [-0.3, -0.25) is 4.79 Å². The van der Waals surface area contributed by atoms with Crippen molar-refractivity contribution in [1.82, 2.24) is 4.98 Å². The first-order chi connectivity index (χ1) is 4.20. The number of halogens is 1. The summed E-state index contributed by atoms with van der Waals surface area (Å²) in [4.78, 5) is 12.8. The van der Waals surface area contributed by atoms with E-state index in [1.807, 2.05) is 0 Å². The molecule has 0 aliphatic rings. The molecule has 1 rings (SSSR count). The smallest absolute Gasteiger partial charge is 0.249 e. The number of hydrogen-bond acceptors (Lipinski definition) is 2. The third kappa shape index (κ3) is 1.23. The van der Waals surface area contributed by atoms with E-state index >= 15 is 0 Å². The summed E-state index contributed by atoms with van der Waals surface area (Å²) in [6, 6.07) is 2.78. The molecule has 0 aliphatic heterocycles. The number of pyridine rings is 1. The summed E-state index contributed by atoms with van der Waals surface area (Å²) in [5, 5.41) is 0.197. The summed E-state index contributed by atoms with van der Waals surface area (Å²) in [5.74, 6) is 0. The summed E-state index contributed by atoms with van der Waals surface area (Å²) in [7, 11) is 0. The van der Waals surface area contributed by atoms with E-state index in [1.54, 1.807) is 0 Å². The van der Waals surface area contributed by atoms with Gasteiger partial charge in [0.05, 0.1) is 5.69 Å². The normalized spacial score (nSPS) is 9.44. The van der Waals surface area contributed by atoms with E-state index in [2.05, 4.69) is 4.98 Å². The minimum absolute atomic E-state index is 0.197. The van der Waals surface area contributed by atoms with Gasteiger partial charge < -0.3 is 10.7 Å². The van der Waals surface area contributed by atoms with Gasteiger partial charge in [0.1, 0.15) is 5.15 Å². The average Bonchev–Trinajstić information content (AvgIpc) is 1.80. The summed E-state index contributed by atoms with van der Waals surface area (Å²) >= 11 is 5.43. The van der Waals surface area contributed by atoms with Crippen molar-refractivity contribution in [2.45, 2.75) is 0 Å². The van der Waals surface area contributed by atoms with E-state index in [4.69, 9.17) is 17.3 Å². The highest BCUT2D eigenvalue weighted by atomic mass is 35.5. The Morgan fingerprint density at radius 2 is 2.22 bits per heavy atom. The minimum Gasteiger partial charge on any atom is -0.396 e. The van der Waals surface area contributed by atoms with Crippen LogP contribution in [0.2, 0.25) is 5.15 Å². The summed E-state index contributed by atoms with van der Waals surface area (Å²) in [6.45, 7) is 0. The number of H-pyrrole nitrogens is 1. The number of anilines is 1. The van der Waals surface area contributed by atoms with Crippen LogP contribution in [0.4, 0.5) is 5.69 Å². The van der Waals surface area contributed by atoms with Crippen LogP contribution >= 0.6 is 11.6 Å². The van der Waals surface area contributed by atoms with Crippen LogP contribution in [-0.2, 0) is 0 Å². The van der Waals surface area contributed by atoms with Crippen LogP contribution < -0.4 is 11.3 Å². The van der Waals surface area contributed by atoms with Crippen molar-refractivity contribution in [3.05, 3.63) is 27.6 Å². The molecule has 3 N–H and O–H groups in total. The molecule has 1 aromatic rings. The molecule has 4 heteroatoms. The van der Waals surface area contributed by atoms with Crippen LogP contribution in [0.3, 0.4) is 0 Å². The van der Waals surface area contributed by atoms with Gasteiger partial charge in [-0.05, 0) is 6.07 Å². The van der Waals surface area contributed by atoms with E-state index < -0.39 is 0 Å². The van der Waals surface area contributed by atoms with Crippen LogP contribution in [0.1, 0.15) is 0 Å². The molecular weight excluding hydrogens is 140 g/mol. The molecule has 0 amide bonds. The third-order valence-corrected chi connectivity index (χ3v) is 1.21. The predicted octanol–water partition coefficient (Wildman–Crippen LogP) is 0.611. The molecule has 0 saturated heterocycles. The Kier molecular flexibility index (Phi) is 1.44. The average molecular weight is 145 g/mol. The van der Waals surface area contributed by atoms with Gasteiger partial charge in [-0.15, -0.1) is 0 Å². The maximum absolute atomic E-state index is 10.4. The second-order valence-electron chi connectivity index (χ2n) is 1.59. The Bertz CT molecular complexity index is 268. The first kappa shape index (κ1) is 6.16. The number of nitrogens with two attached hydrogens (primary N) is 1. The molecule has 0 aliphatic carbocycles. The number of nitrogens with one attached hydrogen (secondary N) is 1. The summed E-state index contributed by atoms with van der Waals surface area (Å²) in [6.07, 6.45) is 0. The topological polar surface area (TPSA) is 58.9 Å². The van der Waals surface area contributed by atoms with Gasteiger partial charge >= 0.3 is 0 Å². The maximum atomic E-state index is 10.4. The van der Waals surface area contributed by atoms with Crippen molar-refractivity contribution in [3.8, 4) is 0 Å². The van der Waals surface area contributed by atoms with Crippen LogP contribution in [0.5, 0.6) is 0 Å². The van der Waals surface area contributed by atoms with Crippen molar-refractivity contribution >= 4 is 17.3 Å². The molecule has 1 heterocycles. The van der Waals surface area contributed by atoms with Gasteiger partial charge in [0.25, 0.3) is 0 Å². The molecule has 0 fully saturated rings. The zero-order valence-corrected chi connectivity index (χ0v) is 5.27. The van der Waals surface area contributed by atoms with E-state index in [0.29, 0.717) is 5.69 Å². The highest BCUT2D eigenvalue weighted by Gasteiger charge is 1.92. The van der Waals surface area contributed by atoms with Crippen LogP contribution in [-0.4, -0.2) is 4.98 Å². The van der Waals surface area contributed by atoms with Crippen molar-refractivity contribution in [2.24, 2.45) is 0 Å². The third-order valence-electron chi connectivity index (χ3n) is 0.901.